The van der Waals surface area contributed by atoms with Gasteiger partial charge in [0.05, 0.1) is 18.9 Å². The summed E-state index contributed by atoms with van der Waals surface area (Å²) in [4.78, 5) is 24.9. The van der Waals surface area contributed by atoms with E-state index in [1.807, 2.05) is 24.3 Å². The smallest absolute Gasteiger partial charge is 0.310 e. The Hall–Kier alpha value is -3.02. The van der Waals surface area contributed by atoms with Crippen molar-refractivity contribution < 1.29 is 23.8 Å². The molecule has 28 heavy (non-hydrogen) atoms. The quantitative estimate of drug-likeness (QED) is 0.803. The van der Waals surface area contributed by atoms with Crippen molar-refractivity contribution in [2.24, 2.45) is 23.7 Å². The monoisotopic (exact) mass is 379 g/mol. The van der Waals surface area contributed by atoms with Crippen molar-refractivity contribution in [2.45, 2.75) is 18.9 Å². The van der Waals surface area contributed by atoms with E-state index >= 15 is 0 Å². The molecule has 5 atom stereocenters. The second-order valence-electron chi connectivity index (χ2n) is 7.71. The third kappa shape index (κ3) is 2.80. The normalized spacial score (nSPS) is 29.5. The average molecular weight is 379 g/mol. The van der Waals surface area contributed by atoms with Crippen LogP contribution in [0.15, 0.2) is 48.5 Å². The van der Waals surface area contributed by atoms with E-state index in [2.05, 4.69) is 5.32 Å². The number of carbonyl (C=O) groups is 2. The van der Waals surface area contributed by atoms with Crippen LogP contribution in [0.3, 0.4) is 0 Å². The maximum Gasteiger partial charge on any atom is 0.310 e. The molecule has 1 saturated heterocycles. The molecular formula is C22H21NO5. The molecule has 0 radical (unpaired) electrons. The number of carbonyl (C=O) groups excluding carboxylic acids is 2. The predicted octanol–water partition coefficient (Wildman–Crippen LogP) is 3.62. The zero-order valence-electron chi connectivity index (χ0n) is 15.5. The summed E-state index contributed by atoms with van der Waals surface area (Å²) < 4.78 is 16.3. The third-order valence-electron chi connectivity index (χ3n) is 6.20. The molecule has 1 heterocycles. The van der Waals surface area contributed by atoms with Crippen LogP contribution >= 0.6 is 0 Å². The first-order valence-corrected chi connectivity index (χ1v) is 9.56. The Labute approximate surface area is 162 Å². The molecule has 3 fully saturated rings. The van der Waals surface area contributed by atoms with Crippen LogP contribution in [-0.2, 0) is 14.3 Å². The molecule has 144 valence electrons. The molecule has 1 N–H and O–H groups in total. The minimum Gasteiger partial charge on any atom is -0.497 e. The lowest BCUT2D eigenvalue weighted by Crippen LogP contribution is -2.35. The molecule has 2 aliphatic carbocycles. The Kier molecular flexibility index (Phi) is 4.00. The second-order valence-corrected chi connectivity index (χ2v) is 7.71. The Morgan fingerprint density at radius 3 is 2.32 bits per heavy atom. The first-order valence-electron chi connectivity index (χ1n) is 9.56. The molecule has 6 nitrogen and oxygen atoms in total. The number of amides is 1. The third-order valence-corrected chi connectivity index (χ3v) is 6.20. The van der Waals surface area contributed by atoms with Crippen molar-refractivity contribution in [3.8, 4) is 17.2 Å². The SMILES string of the molecule is COc1ccc(Oc2ccc(NC(=O)[C@@H]3[C@@H]4C[C@@H]5[C@@H]3C(=O)O[C@@H]5C4)cc2)cc1. The number of anilines is 1. The molecule has 2 aromatic rings. The lowest BCUT2D eigenvalue weighted by atomic mass is 9.79. The summed E-state index contributed by atoms with van der Waals surface area (Å²) in [5.41, 5.74) is 0.692. The molecule has 2 aromatic carbocycles. The molecular weight excluding hydrogens is 358 g/mol. The maximum atomic E-state index is 12.8. The fourth-order valence-electron chi connectivity index (χ4n) is 4.97. The van der Waals surface area contributed by atoms with Crippen molar-refractivity contribution >= 4 is 17.6 Å². The number of hydrogen-bond donors (Lipinski definition) is 1. The molecule has 0 unspecified atom stereocenters. The van der Waals surface area contributed by atoms with Crippen LogP contribution in [0.2, 0.25) is 0 Å². The maximum absolute atomic E-state index is 12.8. The van der Waals surface area contributed by atoms with Gasteiger partial charge in [0.15, 0.2) is 0 Å². The van der Waals surface area contributed by atoms with E-state index < -0.39 is 0 Å². The highest BCUT2D eigenvalue weighted by molar-refractivity contribution is 5.97. The Bertz CT molecular complexity index is 906. The minimum atomic E-state index is -0.272. The molecule has 0 aromatic heterocycles. The van der Waals surface area contributed by atoms with Crippen molar-refractivity contribution in [1.29, 1.82) is 0 Å². The van der Waals surface area contributed by atoms with Gasteiger partial charge in [0.1, 0.15) is 23.4 Å². The van der Waals surface area contributed by atoms with Gasteiger partial charge in [0, 0.05) is 11.6 Å². The van der Waals surface area contributed by atoms with Crippen molar-refractivity contribution in [2.75, 3.05) is 12.4 Å². The molecule has 0 spiro atoms. The van der Waals surface area contributed by atoms with Crippen molar-refractivity contribution in [3.63, 3.8) is 0 Å². The lowest BCUT2D eigenvalue weighted by molar-refractivity contribution is -0.145. The fraction of sp³-hybridized carbons (Fsp3) is 0.364. The first kappa shape index (κ1) is 17.1. The van der Waals surface area contributed by atoms with Crippen LogP contribution < -0.4 is 14.8 Å². The van der Waals surface area contributed by atoms with Gasteiger partial charge < -0.3 is 19.5 Å². The lowest BCUT2D eigenvalue weighted by Gasteiger charge is -2.23. The topological polar surface area (TPSA) is 73.9 Å². The van der Waals surface area contributed by atoms with E-state index in [0.29, 0.717) is 17.2 Å². The molecule has 6 heteroatoms. The zero-order valence-corrected chi connectivity index (χ0v) is 15.5. The molecule has 3 aliphatic rings. The van der Waals surface area contributed by atoms with Crippen molar-refractivity contribution in [1.82, 2.24) is 0 Å². The van der Waals surface area contributed by atoms with Gasteiger partial charge >= 0.3 is 5.97 Å². The van der Waals surface area contributed by atoms with Crippen LogP contribution in [-0.4, -0.2) is 25.1 Å². The van der Waals surface area contributed by atoms with Gasteiger partial charge in [0.25, 0.3) is 0 Å². The van der Waals surface area contributed by atoms with Gasteiger partial charge in [-0.3, -0.25) is 9.59 Å². The summed E-state index contributed by atoms with van der Waals surface area (Å²) in [5.74, 6) is 1.81. The number of hydrogen-bond acceptors (Lipinski definition) is 5. The molecule has 2 saturated carbocycles. The van der Waals surface area contributed by atoms with E-state index in [4.69, 9.17) is 14.2 Å². The van der Waals surface area contributed by atoms with Gasteiger partial charge in [-0.2, -0.15) is 0 Å². The number of esters is 1. The van der Waals surface area contributed by atoms with Gasteiger partial charge in [-0.25, -0.2) is 0 Å². The van der Waals surface area contributed by atoms with E-state index in [1.165, 1.54) is 0 Å². The van der Waals surface area contributed by atoms with Crippen LogP contribution in [0.1, 0.15) is 12.8 Å². The summed E-state index contributed by atoms with van der Waals surface area (Å²) in [6.45, 7) is 0. The summed E-state index contributed by atoms with van der Waals surface area (Å²) in [5, 5.41) is 2.96. The van der Waals surface area contributed by atoms with Gasteiger partial charge in [-0.15, -0.1) is 0 Å². The van der Waals surface area contributed by atoms with Gasteiger partial charge in [-0.05, 0) is 67.3 Å². The fourth-order valence-corrected chi connectivity index (χ4v) is 4.97. The van der Waals surface area contributed by atoms with Crippen LogP contribution in [0.4, 0.5) is 5.69 Å². The highest BCUT2D eigenvalue weighted by Gasteiger charge is 2.63. The predicted molar refractivity (Wildman–Crippen MR) is 101 cm³/mol. The number of benzene rings is 2. The zero-order chi connectivity index (χ0) is 19.3. The van der Waals surface area contributed by atoms with E-state index in [-0.39, 0.29) is 41.7 Å². The number of rotatable bonds is 5. The summed E-state index contributed by atoms with van der Waals surface area (Å²) in [7, 11) is 1.62. The highest BCUT2D eigenvalue weighted by Crippen LogP contribution is 2.57. The number of methoxy groups -OCH3 is 1. The summed E-state index contributed by atoms with van der Waals surface area (Å²) >= 11 is 0. The first-order chi connectivity index (χ1) is 13.6. The van der Waals surface area contributed by atoms with Crippen LogP contribution in [0.25, 0.3) is 0 Å². The highest BCUT2D eigenvalue weighted by atomic mass is 16.6. The Morgan fingerprint density at radius 2 is 1.64 bits per heavy atom. The largest absolute Gasteiger partial charge is 0.497 e. The Morgan fingerprint density at radius 1 is 1.00 bits per heavy atom. The number of nitrogens with one attached hydrogen (secondary N) is 1. The van der Waals surface area contributed by atoms with E-state index in [0.717, 1.165) is 18.6 Å². The number of fused-ring (bicyclic) bond motifs is 1. The van der Waals surface area contributed by atoms with Crippen molar-refractivity contribution in [3.05, 3.63) is 48.5 Å². The standard InChI is InChI=1S/C22H21NO5/c1-26-14-6-8-16(9-7-14)27-15-4-2-13(3-5-15)23-21(24)19-12-10-17-18(11-12)28-22(25)20(17)19/h2-9,12,17-20H,10-11H2,1H3,(H,23,24)/t12-,17+,18-,19-,20+/m1/s1. The molecule has 1 aliphatic heterocycles. The minimum absolute atomic E-state index is 0.0425. The average Bonchev–Trinajstić information content (AvgIpc) is 3.33. The van der Waals surface area contributed by atoms with E-state index in [1.54, 1.807) is 31.4 Å². The van der Waals surface area contributed by atoms with Gasteiger partial charge in [-0.1, -0.05) is 0 Å². The number of ether oxygens (including phenoxy) is 3. The van der Waals surface area contributed by atoms with Crippen LogP contribution in [0.5, 0.6) is 17.2 Å². The molecule has 5 rings (SSSR count). The summed E-state index contributed by atoms with van der Waals surface area (Å²) in [6.07, 6.45) is 1.79. The summed E-state index contributed by atoms with van der Waals surface area (Å²) in [6, 6.07) is 14.5. The Balaban J connectivity index is 1.24. The van der Waals surface area contributed by atoms with Gasteiger partial charge in [0.2, 0.25) is 5.91 Å². The van der Waals surface area contributed by atoms with E-state index in [9.17, 15) is 9.59 Å². The second kappa shape index (κ2) is 6.55. The van der Waals surface area contributed by atoms with Crippen LogP contribution in [0, 0.1) is 23.7 Å². The molecule has 2 bridgehead atoms. The molecule has 1 amide bonds.